The van der Waals surface area contributed by atoms with Crippen LogP contribution in [0.2, 0.25) is 0 Å². The maximum Gasteiger partial charge on any atom is 0.326 e. The molecule has 0 bridgehead atoms. The maximum absolute atomic E-state index is 12.5. The third-order valence-electron chi connectivity index (χ3n) is 13.5. The van der Waals surface area contributed by atoms with Gasteiger partial charge in [-0.05, 0) is 57.8 Å². The van der Waals surface area contributed by atoms with Gasteiger partial charge in [0.25, 0.3) is 0 Å². The zero-order chi connectivity index (χ0) is 60.3. The van der Waals surface area contributed by atoms with Crippen molar-refractivity contribution in [1.82, 2.24) is 21.3 Å². The Morgan fingerprint density at radius 3 is 1.41 bits per heavy atom. The fourth-order valence-corrected chi connectivity index (χ4v) is 8.80. The first kappa shape index (κ1) is 78.6. The fourth-order valence-electron chi connectivity index (χ4n) is 8.80. The average molecular weight is 1180 g/mol. The van der Waals surface area contributed by atoms with Crippen LogP contribution in [-0.2, 0) is 71.7 Å². The molecule has 0 aliphatic rings. The number of ether oxygens (including phenoxy) is 4. The largest absolute Gasteiger partial charge is 0.481 e. The molecule has 0 saturated carbocycles. The Balaban J connectivity index is -0.0000320. The van der Waals surface area contributed by atoms with Crippen LogP contribution in [0.1, 0.15) is 214 Å². The van der Waals surface area contributed by atoms with Gasteiger partial charge in [-0.1, -0.05) is 104 Å². The highest BCUT2D eigenvalue weighted by Gasteiger charge is 2.26. The van der Waals surface area contributed by atoms with Gasteiger partial charge in [-0.25, -0.2) is 9.59 Å². The van der Waals surface area contributed by atoms with Crippen LogP contribution in [0.25, 0.3) is 0 Å². The lowest BCUT2D eigenvalue weighted by Gasteiger charge is -2.16. The summed E-state index contributed by atoms with van der Waals surface area (Å²) < 4.78 is 21.4. The smallest absolute Gasteiger partial charge is 0.326 e. The number of carboxylic acids is 4. The van der Waals surface area contributed by atoms with Gasteiger partial charge in [0.2, 0.25) is 23.6 Å². The Morgan fingerprint density at radius 1 is 0.390 bits per heavy atom. The standard InChI is InChI=1S/C58H100N4O19.H2O.H2/c1-3-22-44(50(65)4-2)23-19-20-33-59-51(66)32-30-49(58(76)77)62-53(68)31-27-45(56(72)73)41-47(64)42-80-39-38-79-36-34-60-54(69)43-81-40-37-78-35-21-24-46(63)28-29-48(57(74)75)61-52(67)25-17-15-13-11-9-7-5-6-8-10-12-14-16-18-26-55(70)71;;/h44-45,48-49H,3-43H2,1-2H3,(H,59,66)(H,60,69)(H,61,67)(H,62,68)(H,70,71)(H,72,73)(H,74,75)(H,76,77);1H2;1H/t44-,45+,48-,49-;;/m0../s1. The van der Waals surface area contributed by atoms with Gasteiger partial charge < -0.3 is 66.1 Å². The van der Waals surface area contributed by atoms with E-state index < -0.39 is 72.5 Å². The highest BCUT2D eigenvalue weighted by atomic mass is 16.5. The van der Waals surface area contributed by atoms with E-state index in [1.165, 1.54) is 32.1 Å². The van der Waals surface area contributed by atoms with Crippen LogP contribution in [-0.4, -0.2) is 169 Å². The van der Waals surface area contributed by atoms with Gasteiger partial charge in [0.15, 0.2) is 5.78 Å². The van der Waals surface area contributed by atoms with Gasteiger partial charge in [-0.3, -0.25) is 43.2 Å². The monoisotopic (exact) mass is 1180 g/mol. The van der Waals surface area contributed by atoms with Crippen LogP contribution in [0.15, 0.2) is 0 Å². The summed E-state index contributed by atoms with van der Waals surface area (Å²) in [7, 11) is 0. The molecule has 24 nitrogen and oxygen atoms in total. The van der Waals surface area contributed by atoms with Crippen LogP contribution in [0.5, 0.6) is 0 Å². The van der Waals surface area contributed by atoms with Crippen LogP contribution in [0.4, 0.5) is 0 Å². The summed E-state index contributed by atoms with van der Waals surface area (Å²) in [5.41, 5.74) is 0. The topological polar surface area (TPSA) is 385 Å². The van der Waals surface area contributed by atoms with Crippen LogP contribution >= 0.6 is 0 Å². The summed E-state index contributed by atoms with van der Waals surface area (Å²) in [6, 6.07) is -2.51. The molecule has 4 amide bonds. The first-order chi connectivity index (χ1) is 38.9. The Hall–Kier alpha value is -5.43. The van der Waals surface area contributed by atoms with E-state index in [0.717, 1.165) is 77.0 Å². The van der Waals surface area contributed by atoms with Gasteiger partial charge in [-0.15, -0.1) is 0 Å². The molecule has 0 aliphatic heterocycles. The molecule has 24 heteroatoms. The summed E-state index contributed by atoms with van der Waals surface area (Å²) in [5.74, 6) is -8.05. The number of unbranched alkanes of at least 4 members (excludes halogenated alkanes) is 14. The molecule has 4 atom stereocenters. The molecule has 10 N–H and O–H groups in total. The molecule has 0 saturated heterocycles. The minimum atomic E-state index is -1.38. The summed E-state index contributed by atoms with van der Waals surface area (Å²) in [6.45, 7) is 4.56. The molecule has 82 heavy (non-hydrogen) atoms. The fraction of sp³-hybridized carbons (Fsp3) is 0.810. The molecule has 0 fully saturated rings. The molecule has 0 aromatic carbocycles. The van der Waals surface area contributed by atoms with Crippen LogP contribution in [0.3, 0.4) is 0 Å². The summed E-state index contributed by atoms with van der Waals surface area (Å²) in [5, 5.41) is 47.7. The first-order valence-corrected chi connectivity index (χ1v) is 29.8. The van der Waals surface area contributed by atoms with Crippen molar-refractivity contribution in [2.45, 2.75) is 225 Å². The molecule has 0 unspecified atom stereocenters. The van der Waals surface area contributed by atoms with Crippen molar-refractivity contribution < 1.29 is 99.0 Å². The Morgan fingerprint density at radius 2 is 0.878 bits per heavy atom. The number of hydrogen-bond donors (Lipinski definition) is 8. The van der Waals surface area contributed by atoms with Crippen molar-refractivity contribution >= 4 is 64.9 Å². The van der Waals surface area contributed by atoms with Gasteiger partial charge in [0.1, 0.15) is 36.9 Å². The van der Waals surface area contributed by atoms with E-state index in [-0.39, 0.29) is 147 Å². The SMILES string of the molecule is CCC[C@@H](CCCCNC(=O)CC[C@H](NC(=O)CC[C@H](CC(=O)COCCOCCNC(=O)COCCOCCCC(=O)CC[C@H](NC(=O)CCCCCCCCCCCCCCCCC(=O)O)C(=O)O)C(=O)O)C(=O)O)C(=O)CC.O.[HH]. The molecule has 0 aliphatic carbocycles. The number of aliphatic carboxylic acids is 4. The van der Waals surface area contributed by atoms with Crippen molar-refractivity contribution in [2.75, 3.05) is 65.9 Å². The lowest BCUT2D eigenvalue weighted by molar-refractivity contribution is -0.145. The van der Waals surface area contributed by atoms with Crippen molar-refractivity contribution in [3.05, 3.63) is 0 Å². The van der Waals surface area contributed by atoms with E-state index in [4.69, 9.17) is 24.1 Å². The predicted molar refractivity (Wildman–Crippen MR) is 306 cm³/mol. The number of amides is 4. The Labute approximate surface area is 486 Å². The molecular weight excluding hydrogens is 1070 g/mol. The number of ketones is 3. The minimum absolute atomic E-state index is 0. The molecule has 0 radical (unpaired) electrons. The molecule has 476 valence electrons. The Kier molecular flexibility index (Phi) is 51.4. The van der Waals surface area contributed by atoms with E-state index in [1.54, 1.807) is 0 Å². The van der Waals surface area contributed by atoms with Crippen LogP contribution < -0.4 is 21.3 Å². The van der Waals surface area contributed by atoms with E-state index in [9.17, 15) is 68.1 Å². The zero-order valence-corrected chi connectivity index (χ0v) is 49.2. The normalized spacial score (nSPS) is 12.5. The molecular formula is C58H104N4O20. The number of carbonyl (C=O) groups excluding carboxylic acids is 7. The van der Waals surface area contributed by atoms with Gasteiger partial charge in [-0.2, -0.15) is 0 Å². The molecule has 0 aromatic rings. The minimum Gasteiger partial charge on any atom is -0.481 e. The van der Waals surface area contributed by atoms with Crippen molar-refractivity contribution in [1.29, 1.82) is 0 Å². The number of Topliss-reactive ketones (excluding diaryl/α,β-unsaturated/α-hetero) is 3. The molecule has 0 heterocycles. The molecule has 0 rings (SSSR count). The highest BCUT2D eigenvalue weighted by Crippen LogP contribution is 2.18. The van der Waals surface area contributed by atoms with E-state index in [1.807, 2.05) is 13.8 Å². The summed E-state index contributed by atoms with van der Waals surface area (Å²) in [4.78, 5) is 132. The van der Waals surface area contributed by atoms with E-state index >= 15 is 0 Å². The van der Waals surface area contributed by atoms with Gasteiger partial charge in [0, 0.05) is 78.4 Å². The number of carboxylic acid groups (broad SMARTS) is 4. The average Bonchev–Trinajstić information content (AvgIpc) is 3.43. The molecule has 0 aromatic heterocycles. The third kappa shape index (κ3) is 48.1. The van der Waals surface area contributed by atoms with Crippen molar-refractivity contribution in [3.63, 3.8) is 0 Å². The summed E-state index contributed by atoms with van der Waals surface area (Å²) in [6.07, 6.45) is 19.0. The van der Waals surface area contributed by atoms with Gasteiger partial charge >= 0.3 is 23.9 Å². The first-order valence-electron chi connectivity index (χ1n) is 29.8. The second-order valence-corrected chi connectivity index (χ2v) is 20.6. The summed E-state index contributed by atoms with van der Waals surface area (Å²) >= 11 is 0. The number of rotatable bonds is 59. The second-order valence-electron chi connectivity index (χ2n) is 20.6. The predicted octanol–water partition coefficient (Wildman–Crippen LogP) is 6.09. The van der Waals surface area contributed by atoms with E-state index in [2.05, 4.69) is 21.3 Å². The quantitative estimate of drug-likeness (QED) is 0.0319. The van der Waals surface area contributed by atoms with Crippen LogP contribution in [0, 0.1) is 11.8 Å². The van der Waals surface area contributed by atoms with Gasteiger partial charge in [0.05, 0.1) is 39.0 Å². The number of hydrogen-bond acceptors (Lipinski definition) is 15. The number of nitrogens with one attached hydrogen (secondary N) is 4. The molecule has 0 spiro atoms. The third-order valence-corrected chi connectivity index (χ3v) is 13.5. The highest BCUT2D eigenvalue weighted by molar-refractivity contribution is 5.87. The lowest BCUT2D eigenvalue weighted by atomic mass is 9.91. The maximum atomic E-state index is 12.5. The number of carbonyl (C=O) groups is 11. The lowest BCUT2D eigenvalue weighted by Crippen LogP contribution is -2.42. The van der Waals surface area contributed by atoms with E-state index in [0.29, 0.717) is 32.2 Å². The van der Waals surface area contributed by atoms with Crippen molar-refractivity contribution in [3.8, 4) is 0 Å². The zero-order valence-electron chi connectivity index (χ0n) is 49.2. The Bertz CT molecular complexity index is 1830. The second kappa shape index (κ2) is 53.6. The van der Waals surface area contributed by atoms with Crippen molar-refractivity contribution in [2.24, 2.45) is 11.8 Å².